The van der Waals surface area contributed by atoms with Crippen LogP contribution in [0, 0.1) is 0 Å². The molecule has 0 aliphatic heterocycles. The minimum atomic E-state index is -1.96. The average Bonchev–Trinajstić information content (AvgIpc) is 2.74. The van der Waals surface area contributed by atoms with Gasteiger partial charge in [0, 0.05) is 31.5 Å². The average molecular weight is 503 g/mol. The van der Waals surface area contributed by atoms with Gasteiger partial charge in [0.1, 0.15) is 0 Å². The Hall–Kier alpha value is 0.380. The zero-order chi connectivity index (χ0) is 23.9. The van der Waals surface area contributed by atoms with Crippen LogP contribution in [0.3, 0.4) is 0 Å². The van der Waals surface area contributed by atoms with Gasteiger partial charge in [0.15, 0.2) is 0 Å². The lowest BCUT2D eigenvalue weighted by molar-refractivity contribution is -0.0831. The molecule has 0 amide bonds. The quantitative estimate of drug-likeness (QED) is 0.0860. The van der Waals surface area contributed by atoms with Gasteiger partial charge < -0.3 is 38.6 Å². The fourth-order valence-corrected chi connectivity index (χ4v) is 3.45. The van der Waals surface area contributed by atoms with E-state index in [1.807, 2.05) is 13.8 Å². The molecule has 0 aliphatic rings. The predicted molar refractivity (Wildman–Crippen MR) is 132 cm³/mol. The summed E-state index contributed by atoms with van der Waals surface area (Å²) in [7, 11) is 0. The zero-order valence-corrected chi connectivity index (χ0v) is 21.7. The Morgan fingerprint density at radius 2 is 1.16 bits per heavy atom. The van der Waals surface area contributed by atoms with Gasteiger partial charge in [-0.1, -0.05) is 0 Å². The predicted octanol–water partition coefficient (Wildman–Crippen LogP) is 2.70. The van der Waals surface area contributed by atoms with Crippen molar-refractivity contribution in [3.63, 3.8) is 0 Å². The van der Waals surface area contributed by atoms with Crippen molar-refractivity contribution in [2.45, 2.75) is 68.8 Å². The van der Waals surface area contributed by atoms with Crippen LogP contribution in [0.5, 0.6) is 0 Å². The van der Waals surface area contributed by atoms with Crippen molar-refractivity contribution >= 4 is 25.3 Å². The molecule has 2 atom stereocenters. The summed E-state index contributed by atoms with van der Waals surface area (Å²) in [5.41, 5.74) is 0. The van der Waals surface area contributed by atoms with Crippen molar-refractivity contribution in [2.24, 2.45) is 0 Å². The molecular weight excluding hydrogens is 456 g/mol. The van der Waals surface area contributed by atoms with Crippen LogP contribution in [0.15, 0.2) is 0 Å². The fraction of sp³-hybridized carbons (Fsp3) is 1.00. The summed E-state index contributed by atoms with van der Waals surface area (Å²) in [6.45, 7) is 10.4. The van der Waals surface area contributed by atoms with Gasteiger partial charge in [-0.15, -0.1) is 12.6 Å². The largest absolute Gasteiger partial charge is 0.379 e. The van der Waals surface area contributed by atoms with E-state index in [9.17, 15) is 10.2 Å². The highest BCUT2D eigenvalue weighted by Gasteiger charge is 2.22. The van der Waals surface area contributed by atoms with Crippen molar-refractivity contribution in [1.82, 2.24) is 0 Å². The fourth-order valence-electron chi connectivity index (χ4n) is 2.88. The number of hydrogen-bond acceptors (Lipinski definition) is 10. The molecule has 0 saturated heterocycles. The molecule has 32 heavy (non-hydrogen) atoms. The van der Waals surface area contributed by atoms with Crippen LogP contribution >= 0.6 is 25.3 Å². The van der Waals surface area contributed by atoms with E-state index in [2.05, 4.69) is 12.6 Å². The SMILES string of the molecule is CCOCCOCCOCCCCC(S)C(CCCC(O)(O)S)OCCOCCOCC. The van der Waals surface area contributed by atoms with Crippen LogP contribution in [0.2, 0.25) is 0 Å². The second-order valence-corrected chi connectivity index (χ2v) is 8.75. The van der Waals surface area contributed by atoms with Crippen LogP contribution in [0.25, 0.3) is 0 Å². The third-order valence-electron chi connectivity index (χ3n) is 4.55. The van der Waals surface area contributed by atoms with Crippen molar-refractivity contribution < 1.29 is 38.6 Å². The van der Waals surface area contributed by atoms with Crippen LogP contribution in [-0.4, -0.2) is 99.4 Å². The Morgan fingerprint density at radius 1 is 0.656 bits per heavy atom. The molecule has 10 heteroatoms. The molecule has 0 spiro atoms. The Balaban J connectivity index is 3.97. The van der Waals surface area contributed by atoms with E-state index in [0.717, 1.165) is 19.3 Å². The highest BCUT2D eigenvalue weighted by atomic mass is 32.1. The molecular formula is C22H46O8S2. The molecule has 2 N–H and O–H groups in total. The molecule has 0 saturated carbocycles. The Bertz CT molecular complexity index is 385. The Labute approximate surface area is 205 Å². The second kappa shape index (κ2) is 23.1. The van der Waals surface area contributed by atoms with E-state index in [1.165, 1.54) is 0 Å². The van der Waals surface area contributed by atoms with Gasteiger partial charge in [-0.05, 0) is 46.0 Å². The summed E-state index contributed by atoms with van der Waals surface area (Å²) >= 11 is 8.49. The Morgan fingerprint density at radius 3 is 1.69 bits per heavy atom. The standard InChI is InChI=1S/C22H46O8S2/c1-3-25-12-14-28-17-16-27-11-6-5-9-21(31)20(8-7-10-22(23,24)32)30-19-18-29-15-13-26-4-2/h20-21,23-24,31-32H,3-19H2,1-2H3. The topological polar surface area (TPSA) is 95.8 Å². The van der Waals surface area contributed by atoms with E-state index in [1.54, 1.807) is 0 Å². The minimum Gasteiger partial charge on any atom is -0.379 e. The van der Waals surface area contributed by atoms with Crippen molar-refractivity contribution in [1.29, 1.82) is 0 Å². The molecule has 194 valence electrons. The van der Waals surface area contributed by atoms with E-state index < -0.39 is 5.12 Å². The first-order chi connectivity index (χ1) is 15.4. The maximum absolute atomic E-state index is 9.40. The lowest BCUT2D eigenvalue weighted by atomic mass is 10.0. The molecule has 0 rings (SSSR count). The summed E-state index contributed by atoms with van der Waals surface area (Å²) in [5, 5.41) is 16.9. The molecule has 8 nitrogen and oxygen atoms in total. The first-order valence-electron chi connectivity index (χ1n) is 11.8. The third-order valence-corrected chi connectivity index (χ3v) is 5.37. The Kier molecular flexibility index (Phi) is 23.4. The molecule has 0 aromatic carbocycles. The number of ether oxygens (including phenoxy) is 6. The first-order valence-corrected chi connectivity index (χ1v) is 12.7. The van der Waals surface area contributed by atoms with Gasteiger partial charge in [-0.25, -0.2) is 0 Å². The molecule has 0 heterocycles. The lowest BCUT2D eigenvalue weighted by Crippen LogP contribution is -2.28. The maximum Gasteiger partial charge on any atom is 0.210 e. The summed E-state index contributed by atoms with van der Waals surface area (Å²) in [6, 6.07) is 0. The van der Waals surface area contributed by atoms with Crippen molar-refractivity contribution in [3.05, 3.63) is 0 Å². The lowest BCUT2D eigenvalue weighted by Gasteiger charge is -2.25. The van der Waals surface area contributed by atoms with E-state index >= 15 is 0 Å². The van der Waals surface area contributed by atoms with Gasteiger partial charge in [-0.3, -0.25) is 0 Å². The molecule has 2 unspecified atom stereocenters. The van der Waals surface area contributed by atoms with Gasteiger partial charge in [0.2, 0.25) is 5.12 Å². The highest BCUT2D eigenvalue weighted by molar-refractivity contribution is 7.81. The van der Waals surface area contributed by atoms with Crippen LogP contribution in [0.4, 0.5) is 0 Å². The summed E-state index contributed by atoms with van der Waals surface area (Å²) < 4.78 is 32.9. The number of unbranched alkanes of at least 4 members (excludes halogenated alkanes) is 1. The van der Waals surface area contributed by atoms with Gasteiger partial charge in [0.05, 0.1) is 59.0 Å². The molecule has 0 aromatic heterocycles. The van der Waals surface area contributed by atoms with E-state index in [-0.39, 0.29) is 17.8 Å². The van der Waals surface area contributed by atoms with Crippen molar-refractivity contribution in [2.75, 3.05) is 72.7 Å². The van der Waals surface area contributed by atoms with E-state index in [4.69, 9.17) is 41.0 Å². The molecule has 0 fully saturated rings. The number of thiol groups is 2. The number of hydrogen-bond donors (Lipinski definition) is 4. The van der Waals surface area contributed by atoms with Crippen LogP contribution < -0.4 is 0 Å². The summed E-state index contributed by atoms with van der Waals surface area (Å²) in [4.78, 5) is 0. The van der Waals surface area contributed by atoms with E-state index in [0.29, 0.717) is 85.5 Å². The molecule has 0 aromatic rings. The second-order valence-electron chi connectivity index (χ2n) is 7.37. The first kappa shape index (κ1) is 32.4. The summed E-state index contributed by atoms with van der Waals surface area (Å²) in [5.74, 6) is 0. The van der Waals surface area contributed by atoms with Crippen LogP contribution in [0.1, 0.15) is 52.4 Å². The summed E-state index contributed by atoms with van der Waals surface area (Å²) in [6.07, 6.45) is 4.13. The zero-order valence-electron chi connectivity index (χ0n) is 19.9. The molecule has 0 aliphatic carbocycles. The molecule has 0 bridgehead atoms. The van der Waals surface area contributed by atoms with Gasteiger partial charge in [-0.2, -0.15) is 12.6 Å². The highest BCUT2D eigenvalue weighted by Crippen LogP contribution is 2.22. The minimum absolute atomic E-state index is 0.0482. The third kappa shape index (κ3) is 23.5. The van der Waals surface area contributed by atoms with Gasteiger partial charge in [0.25, 0.3) is 0 Å². The number of rotatable bonds is 25. The van der Waals surface area contributed by atoms with Gasteiger partial charge >= 0.3 is 0 Å². The normalized spacial score (nSPS) is 14.1. The number of aliphatic hydroxyl groups is 2. The van der Waals surface area contributed by atoms with Crippen LogP contribution in [-0.2, 0) is 28.4 Å². The van der Waals surface area contributed by atoms with Crippen molar-refractivity contribution in [3.8, 4) is 0 Å². The molecule has 0 radical (unpaired) electrons. The smallest absolute Gasteiger partial charge is 0.210 e. The monoisotopic (exact) mass is 502 g/mol. The maximum atomic E-state index is 9.40.